The van der Waals surface area contributed by atoms with Crippen molar-refractivity contribution in [3.05, 3.63) is 29.6 Å². The monoisotopic (exact) mass is 244 g/mol. The van der Waals surface area contributed by atoms with Gasteiger partial charge < -0.3 is 9.67 Å². The van der Waals surface area contributed by atoms with Crippen LogP contribution >= 0.6 is 0 Å². The molecule has 0 saturated heterocycles. The van der Waals surface area contributed by atoms with Gasteiger partial charge in [0, 0.05) is 18.4 Å². The number of hydrogen-bond acceptors (Lipinski definition) is 2. The van der Waals surface area contributed by atoms with Crippen LogP contribution in [0.5, 0.6) is 0 Å². The first-order valence-electron chi connectivity index (χ1n) is 6.65. The predicted molar refractivity (Wildman–Crippen MR) is 72.8 cm³/mol. The number of aliphatic hydroxyl groups is 1. The van der Waals surface area contributed by atoms with Crippen molar-refractivity contribution in [2.24, 2.45) is 7.05 Å². The molecular formula is C15H20N2O. The number of aliphatic hydroxyl groups excluding tert-OH is 1. The van der Waals surface area contributed by atoms with E-state index in [4.69, 9.17) is 4.98 Å². The molecule has 3 heteroatoms. The molecule has 0 spiro atoms. The molecule has 0 unspecified atom stereocenters. The van der Waals surface area contributed by atoms with E-state index in [1.54, 1.807) is 0 Å². The van der Waals surface area contributed by atoms with Gasteiger partial charge >= 0.3 is 0 Å². The average Bonchev–Trinajstić information content (AvgIpc) is 3.09. The summed E-state index contributed by atoms with van der Waals surface area (Å²) in [5.74, 6) is 1.55. The maximum atomic E-state index is 9.50. The highest BCUT2D eigenvalue weighted by Gasteiger charge is 2.43. The molecule has 0 bridgehead atoms. The Morgan fingerprint density at radius 1 is 1.39 bits per heavy atom. The summed E-state index contributed by atoms with van der Waals surface area (Å²) in [5, 5.41) is 9.50. The van der Waals surface area contributed by atoms with Crippen molar-refractivity contribution >= 4 is 11.0 Å². The molecule has 0 atom stereocenters. The van der Waals surface area contributed by atoms with E-state index in [0.717, 1.165) is 24.2 Å². The highest BCUT2D eigenvalue weighted by molar-refractivity contribution is 5.77. The Labute approximate surface area is 107 Å². The lowest BCUT2D eigenvalue weighted by Gasteiger charge is -2.11. The lowest BCUT2D eigenvalue weighted by molar-refractivity contribution is 0.255. The van der Waals surface area contributed by atoms with Crippen LogP contribution in [-0.4, -0.2) is 21.3 Å². The molecule has 1 saturated carbocycles. The van der Waals surface area contributed by atoms with E-state index < -0.39 is 0 Å². The maximum absolute atomic E-state index is 9.50. The molecule has 1 heterocycles. The lowest BCUT2D eigenvalue weighted by Crippen LogP contribution is -2.11. The van der Waals surface area contributed by atoms with Gasteiger partial charge in [0.1, 0.15) is 5.82 Å². The van der Waals surface area contributed by atoms with Crippen LogP contribution in [0.4, 0.5) is 0 Å². The van der Waals surface area contributed by atoms with E-state index in [2.05, 4.69) is 43.7 Å². The van der Waals surface area contributed by atoms with Gasteiger partial charge in [0.2, 0.25) is 0 Å². The van der Waals surface area contributed by atoms with Crippen LogP contribution in [0.25, 0.3) is 11.0 Å². The average molecular weight is 244 g/mol. The Hall–Kier alpha value is -1.35. The summed E-state index contributed by atoms with van der Waals surface area (Å²) in [6.45, 7) is 4.58. The fourth-order valence-corrected chi connectivity index (χ4v) is 2.75. The molecule has 1 aliphatic rings. The number of rotatable bonds is 3. The predicted octanol–water partition coefficient (Wildman–Crippen LogP) is 2.72. The number of imidazole rings is 1. The molecule has 3 nitrogen and oxygen atoms in total. The van der Waals surface area contributed by atoms with Gasteiger partial charge in [-0.15, -0.1) is 0 Å². The van der Waals surface area contributed by atoms with Crippen LogP contribution in [0.15, 0.2) is 18.2 Å². The van der Waals surface area contributed by atoms with Crippen molar-refractivity contribution in [1.29, 1.82) is 0 Å². The Balaban J connectivity index is 2.13. The molecule has 1 aliphatic carbocycles. The van der Waals surface area contributed by atoms with Gasteiger partial charge in [-0.2, -0.15) is 0 Å². The molecule has 1 fully saturated rings. The van der Waals surface area contributed by atoms with E-state index >= 15 is 0 Å². The second kappa shape index (κ2) is 3.82. The first-order valence-corrected chi connectivity index (χ1v) is 6.65. The van der Waals surface area contributed by atoms with Crippen molar-refractivity contribution < 1.29 is 5.11 Å². The van der Waals surface area contributed by atoms with Gasteiger partial charge in [-0.05, 0) is 30.5 Å². The Morgan fingerprint density at radius 2 is 2.11 bits per heavy atom. The SMILES string of the molecule is CC(C)c1nc2cc(C3(CO)CC3)ccc2n1C. The molecule has 2 aromatic rings. The zero-order valence-electron chi connectivity index (χ0n) is 11.3. The summed E-state index contributed by atoms with van der Waals surface area (Å²) in [7, 11) is 2.07. The maximum Gasteiger partial charge on any atom is 0.112 e. The Bertz CT molecular complexity index is 594. The third-order valence-electron chi connectivity index (χ3n) is 4.20. The summed E-state index contributed by atoms with van der Waals surface area (Å²) in [4.78, 5) is 4.73. The van der Waals surface area contributed by atoms with Crippen LogP contribution in [-0.2, 0) is 12.5 Å². The fraction of sp³-hybridized carbons (Fsp3) is 0.533. The number of nitrogens with zero attached hydrogens (tertiary/aromatic N) is 2. The van der Waals surface area contributed by atoms with E-state index in [1.807, 2.05) is 0 Å². The van der Waals surface area contributed by atoms with E-state index in [1.165, 1.54) is 11.1 Å². The summed E-state index contributed by atoms with van der Waals surface area (Å²) in [6, 6.07) is 6.45. The number of benzene rings is 1. The van der Waals surface area contributed by atoms with Crippen molar-refractivity contribution in [2.75, 3.05) is 6.61 Å². The first-order chi connectivity index (χ1) is 8.57. The minimum atomic E-state index is 0.0315. The zero-order valence-corrected chi connectivity index (χ0v) is 11.3. The van der Waals surface area contributed by atoms with E-state index in [-0.39, 0.29) is 12.0 Å². The smallest absolute Gasteiger partial charge is 0.112 e. The standard InChI is InChI=1S/C15H20N2O/c1-10(2)14-16-12-8-11(15(9-18)6-7-15)4-5-13(12)17(14)3/h4-5,8,10,18H,6-7,9H2,1-3H3. The highest BCUT2D eigenvalue weighted by Crippen LogP contribution is 2.48. The quantitative estimate of drug-likeness (QED) is 0.901. The first kappa shape index (κ1) is 11.7. The topological polar surface area (TPSA) is 38.1 Å². The normalized spacial score (nSPS) is 17.6. The van der Waals surface area contributed by atoms with Crippen molar-refractivity contribution in [3.63, 3.8) is 0 Å². The third-order valence-corrected chi connectivity index (χ3v) is 4.20. The summed E-state index contributed by atoms with van der Waals surface area (Å²) < 4.78 is 2.17. The largest absolute Gasteiger partial charge is 0.395 e. The Morgan fingerprint density at radius 3 is 2.67 bits per heavy atom. The molecule has 0 radical (unpaired) electrons. The molecule has 0 aliphatic heterocycles. The molecule has 1 aromatic carbocycles. The lowest BCUT2D eigenvalue weighted by atomic mass is 9.97. The molecule has 1 N–H and O–H groups in total. The van der Waals surface area contributed by atoms with E-state index in [0.29, 0.717) is 5.92 Å². The fourth-order valence-electron chi connectivity index (χ4n) is 2.75. The van der Waals surface area contributed by atoms with Gasteiger partial charge in [-0.25, -0.2) is 4.98 Å². The summed E-state index contributed by atoms with van der Waals surface area (Å²) >= 11 is 0. The van der Waals surface area contributed by atoms with Crippen molar-refractivity contribution in [1.82, 2.24) is 9.55 Å². The van der Waals surface area contributed by atoms with Crippen LogP contribution in [0, 0.1) is 0 Å². The van der Waals surface area contributed by atoms with Gasteiger partial charge in [-0.3, -0.25) is 0 Å². The second-order valence-corrected chi connectivity index (χ2v) is 5.83. The summed E-state index contributed by atoms with van der Waals surface area (Å²) in [6.07, 6.45) is 2.19. The molecule has 96 valence electrons. The third kappa shape index (κ3) is 1.57. The molecule has 0 amide bonds. The molecule has 3 rings (SSSR count). The number of aryl methyl sites for hydroxylation is 1. The second-order valence-electron chi connectivity index (χ2n) is 5.83. The number of aromatic nitrogens is 2. The van der Waals surface area contributed by atoms with Gasteiger partial charge in [0.25, 0.3) is 0 Å². The zero-order chi connectivity index (χ0) is 12.9. The van der Waals surface area contributed by atoms with Gasteiger partial charge in [-0.1, -0.05) is 19.9 Å². The molecular weight excluding hydrogens is 224 g/mol. The molecule has 1 aromatic heterocycles. The van der Waals surface area contributed by atoms with Crippen molar-refractivity contribution in [2.45, 2.75) is 38.0 Å². The molecule has 18 heavy (non-hydrogen) atoms. The van der Waals surface area contributed by atoms with Crippen LogP contribution in [0.1, 0.15) is 44.0 Å². The van der Waals surface area contributed by atoms with Crippen LogP contribution in [0.2, 0.25) is 0 Å². The van der Waals surface area contributed by atoms with Crippen molar-refractivity contribution in [3.8, 4) is 0 Å². The number of fused-ring (bicyclic) bond motifs is 1. The van der Waals surface area contributed by atoms with Gasteiger partial charge in [0.15, 0.2) is 0 Å². The van der Waals surface area contributed by atoms with Gasteiger partial charge in [0.05, 0.1) is 17.6 Å². The summed E-state index contributed by atoms with van der Waals surface area (Å²) in [5.41, 5.74) is 3.50. The van der Waals surface area contributed by atoms with E-state index in [9.17, 15) is 5.11 Å². The minimum absolute atomic E-state index is 0.0315. The highest BCUT2D eigenvalue weighted by atomic mass is 16.3. The number of hydrogen-bond donors (Lipinski definition) is 1. The van der Waals surface area contributed by atoms with Crippen LogP contribution < -0.4 is 0 Å². The Kier molecular flexibility index (Phi) is 2.49. The van der Waals surface area contributed by atoms with Crippen LogP contribution in [0.3, 0.4) is 0 Å². The minimum Gasteiger partial charge on any atom is -0.395 e.